The third-order valence-corrected chi connectivity index (χ3v) is 5.34. The molecule has 3 aliphatic heterocycles. The first-order valence-electron chi connectivity index (χ1n) is 16.2. The second-order valence-electron chi connectivity index (χ2n) is 7.57. The van der Waals surface area contributed by atoms with Gasteiger partial charge in [-0.2, -0.15) is 0 Å². The van der Waals surface area contributed by atoms with E-state index in [1.165, 1.54) is 12.1 Å². The number of hydrogen-bond acceptors (Lipinski definition) is 6. The lowest BCUT2D eigenvalue weighted by Crippen LogP contribution is -2.52. The zero-order valence-electron chi connectivity index (χ0n) is 29.5. The summed E-state index contributed by atoms with van der Waals surface area (Å²) < 4.78 is 123. The van der Waals surface area contributed by atoms with Gasteiger partial charge in [0.1, 0.15) is 24.2 Å². The third-order valence-electron chi connectivity index (χ3n) is 5.34. The standard InChI is InChI=1S/C25H26FN3O5/c26-20-12-16(13-28-8-10-33-11-9-28)4-5-17(20)15-34-22-3-1-2-18-19(22)14-29(25(18)32)21-6-7-23(30)27-24(21)31/h1-5,12,21H,6-11,13-15H2,(H,27,30,31)/t21-/m0/s1/i8D2,9D2,10D2,11D2,14D2,15D2. The minimum absolute atomic E-state index is 0.144. The summed E-state index contributed by atoms with van der Waals surface area (Å²) in [5, 5.41) is 2.06. The molecule has 2 aromatic rings. The van der Waals surface area contributed by atoms with Crippen LogP contribution in [0.25, 0.3) is 0 Å². The summed E-state index contributed by atoms with van der Waals surface area (Å²) in [6.45, 7) is -19.7. The number of imide groups is 1. The predicted molar refractivity (Wildman–Crippen MR) is 119 cm³/mol. The number of hydrogen-bond donors (Lipinski definition) is 1. The highest BCUT2D eigenvalue weighted by molar-refractivity contribution is 6.05. The molecule has 3 aliphatic rings. The first-order valence-corrected chi connectivity index (χ1v) is 10.2. The van der Waals surface area contributed by atoms with Crippen LogP contribution in [0, 0.1) is 5.82 Å². The molecular weight excluding hydrogens is 441 g/mol. The van der Waals surface area contributed by atoms with Crippen LogP contribution < -0.4 is 10.1 Å². The smallest absolute Gasteiger partial charge is 0.255 e. The predicted octanol–water partition coefficient (Wildman–Crippen LogP) is 2.00. The molecule has 0 spiro atoms. The molecule has 178 valence electrons. The number of benzene rings is 2. The van der Waals surface area contributed by atoms with Crippen molar-refractivity contribution in [2.45, 2.75) is 38.5 Å². The Hall–Kier alpha value is -3.30. The molecule has 2 aromatic carbocycles. The van der Waals surface area contributed by atoms with Crippen molar-refractivity contribution in [2.75, 3.05) is 26.1 Å². The fourth-order valence-electron chi connectivity index (χ4n) is 3.68. The second kappa shape index (κ2) is 9.52. The summed E-state index contributed by atoms with van der Waals surface area (Å²) in [5.41, 5.74) is -1.60. The number of fused-ring (bicyclic) bond motifs is 1. The molecule has 2 saturated heterocycles. The van der Waals surface area contributed by atoms with Crippen molar-refractivity contribution in [3.05, 3.63) is 64.5 Å². The minimum atomic E-state index is -3.32. The maximum atomic E-state index is 15.5. The first kappa shape index (κ1) is 12.4. The molecule has 0 bridgehead atoms. The third kappa shape index (κ3) is 4.53. The maximum Gasteiger partial charge on any atom is 0.255 e. The van der Waals surface area contributed by atoms with Gasteiger partial charge in [0.25, 0.3) is 5.91 Å². The van der Waals surface area contributed by atoms with Crippen LogP contribution in [0.4, 0.5) is 4.39 Å². The van der Waals surface area contributed by atoms with Crippen LogP contribution in [0.2, 0.25) is 0 Å². The van der Waals surface area contributed by atoms with Gasteiger partial charge in [-0.05, 0) is 30.2 Å². The van der Waals surface area contributed by atoms with Gasteiger partial charge in [0, 0.05) is 48.1 Å². The van der Waals surface area contributed by atoms with Crippen LogP contribution in [0.15, 0.2) is 36.4 Å². The van der Waals surface area contributed by atoms with E-state index in [4.69, 9.17) is 21.2 Å². The largest absolute Gasteiger partial charge is 0.488 e. The first-order chi connectivity index (χ1) is 21.0. The van der Waals surface area contributed by atoms with Crippen molar-refractivity contribution < 1.29 is 44.7 Å². The molecular formula is C25H26FN3O5. The molecule has 0 aromatic heterocycles. The zero-order valence-corrected chi connectivity index (χ0v) is 17.5. The van der Waals surface area contributed by atoms with E-state index in [-0.39, 0.29) is 28.9 Å². The van der Waals surface area contributed by atoms with Gasteiger partial charge in [-0.25, -0.2) is 4.39 Å². The van der Waals surface area contributed by atoms with E-state index in [1.54, 1.807) is 0 Å². The van der Waals surface area contributed by atoms with E-state index >= 15 is 4.39 Å². The quantitative estimate of drug-likeness (QED) is 0.638. The SMILES string of the molecule is [2H]C([2H])(Oc1cccc2c1C([2H])([2H])N([C@H]1CCC(=O)NC1=O)C2=O)c1ccc(CN2C([2H])([2H])C([2H])([2H])OC([2H])([2H])C2([2H])[2H])cc1F. The average Bonchev–Trinajstić information content (AvgIpc) is 3.11. The number of amides is 3. The van der Waals surface area contributed by atoms with Gasteiger partial charge in [0.05, 0.1) is 30.6 Å². The van der Waals surface area contributed by atoms with Gasteiger partial charge in [0.2, 0.25) is 11.8 Å². The molecule has 2 fully saturated rings. The molecule has 3 heterocycles. The minimum Gasteiger partial charge on any atom is -0.488 e. The van der Waals surface area contributed by atoms with Crippen LogP contribution in [-0.4, -0.2) is 59.7 Å². The molecule has 8 nitrogen and oxygen atoms in total. The summed E-state index contributed by atoms with van der Waals surface area (Å²) in [6.07, 6.45) is -0.296. The summed E-state index contributed by atoms with van der Waals surface area (Å²) in [7, 11) is 0. The summed E-state index contributed by atoms with van der Waals surface area (Å²) >= 11 is 0. The number of carbonyl (C=O) groups excluding carboxylic acids is 3. The van der Waals surface area contributed by atoms with Crippen molar-refractivity contribution in [3.63, 3.8) is 0 Å². The van der Waals surface area contributed by atoms with Crippen LogP contribution in [0.1, 0.15) is 56.3 Å². The van der Waals surface area contributed by atoms with Crippen LogP contribution in [0.3, 0.4) is 0 Å². The fourth-order valence-corrected chi connectivity index (χ4v) is 3.68. The Kier molecular flexibility index (Phi) is 3.48. The molecule has 9 heteroatoms. The van der Waals surface area contributed by atoms with E-state index in [2.05, 4.69) is 10.1 Å². The molecule has 0 radical (unpaired) electrons. The zero-order chi connectivity index (χ0) is 34.4. The van der Waals surface area contributed by atoms with Gasteiger partial charge < -0.3 is 14.4 Å². The van der Waals surface area contributed by atoms with Crippen LogP contribution in [0.5, 0.6) is 5.75 Å². The lowest BCUT2D eigenvalue weighted by molar-refractivity contribution is -0.136. The Morgan fingerprint density at radius 2 is 2.03 bits per heavy atom. The number of rotatable bonds is 6. The summed E-state index contributed by atoms with van der Waals surface area (Å²) in [6, 6.07) is 4.96. The molecule has 1 atom stereocenters. The van der Waals surface area contributed by atoms with Crippen LogP contribution >= 0.6 is 0 Å². The number of carbonyl (C=O) groups is 3. The Morgan fingerprint density at radius 1 is 1.21 bits per heavy atom. The average molecular weight is 480 g/mol. The number of nitrogens with one attached hydrogen (secondary N) is 1. The van der Waals surface area contributed by atoms with E-state index < -0.39 is 92.2 Å². The molecule has 34 heavy (non-hydrogen) atoms. The molecule has 0 unspecified atom stereocenters. The van der Waals surface area contributed by atoms with Gasteiger partial charge in [0.15, 0.2) is 0 Å². The molecule has 1 N–H and O–H groups in total. The molecule has 0 saturated carbocycles. The van der Waals surface area contributed by atoms with Crippen molar-refractivity contribution in [2.24, 2.45) is 0 Å². The van der Waals surface area contributed by atoms with Crippen molar-refractivity contribution in [1.82, 2.24) is 15.1 Å². The lowest BCUT2D eigenvalue weighted by atomic mass is 10.0. The monoisotopic (exact) mass is 479 g/mol. The Bertz CT molecular complexity index is 1610. The van der Waals surface area contributed by atoms with Crippen molar-refractivity contribution in [3.8, 4) is 5.75 Å². The highest BCUT2D eigenvalue weighted by Gasteiger charge is 2.40. The van der Waals surface area contributed by atoms with E-state index in [0.29, 0.717) is 11.0 Å². The number of morpholine rings is 1. The highest BCUT2D eigenvalue weighted by atomic mass is 19.1. The summed E-state index contributed by atoms with van der Waals surface area (Å²) in [5.74, 6) is -4.14. The summed E-state index contributed by atoms with van der Waals surface area (Å²) in [4.78, 5) is 38.2. The number of ether oxygens (including phenoxy) is 2. The number of piperidine rings is 1. The molecule has 3 amide bonds. The Balaban J connectivity index is 1.44. The van der Waals surface area contributed by atoms with Crippen LogP contribution in [-0.2, 0) is 33.9 Å². The van der Waals surface area contributed by atoms with Gasteiger partial charge in [-0.15, -0.1) is 0 Å². The van der Waals surface area contributed by atoms with E-state index in [0.717, 1.165) is 18.2 Å². The van der Waals surface area contributed by atoms with E-state index in [9.17, 15) is 14.4 Å². The van der Waals surface area contributed by atoms with Crippen molar-refractivity contribution >= 4 is 17.7 Å². The molecule has 0 aliphatic carbocycles. The fraction of sp³-hybridized carbons (Fsp3) is 0.400. The normalized spacial score (nSPS) is 34.0. The maximum absolute atomic E-state index is 15.5. The Labute approximate surface area is 213 Å². The van der Waals surface area contributed by atoms with Gasteiger partial charge >= 0.3 is 0 Å². The number of nitrogens with zero attached hydrogens (tertiary/aromatic N) is 2. The van der Waals surface area contributed by atoms with Gasteiger partial charge in [-0.1, -0.05) is 18.2 Å². The molecule has 5 rings (SSSR count). The Morgan fingerprint density at radius 3 is 2.79 bits per heavy atom. The van der Waals surface area contributed by atoms with Gasteiger partial charge in [-0.3, -0.25) is 24.6 Å². The lowest BCUT2D eigenvalue weighted by Gasteiger charge is -2.29. The van der Waals surface area contributed by atoms with E-state index in [1.807, 2.05) is 0 Å². The number of halogens is 1. The topological polar surface area (TPSA) is 88.2 Å². The highest BCUT2D eigenvalue weighted by Crippen LogP contribution is 2.34. The second-order valence-corrected chi connectivity index (χ2v) is 7.57. The van der Waals surface area contributed by atoms with Crippen molar-refractivity contribution in [1.29, 1.82) is 0 Å².